The topological polar surface area (TPSA) is 32.3 Å². The lowest BCUT2D eigenvalue weighted by Crippen LogP contribution is -2.54. The molecule has 2 aliphatic rings. The van der Waals surface area contributed by atoms with E-state index in [0.29, 0.717) is 18.5 Å². The summed E-state index contributed by atoms with van der Waals surface area (Å²) in [6.45, 7) is 0.707. The monoisotopic (exact) mass is 231 g/mol. The molecular weight excluding hydrogens is 210 g/mol. The summed E-state index contributed by atoms with van der Waals surface area (Å²) in [6, 6.07) is 10.8. The fourth-order valence-electron chi connectivity index (χ4n) is 3.49. The van der Waals surface area contributed by atoms with Crippen LogP contribution in [-0.2, 0) is 5.60 Å². The van der Waals surface area contributed by atoms with E-state index in [-0.39, 0.29) is 0 Å². The van der Waals surface area contributed by atoms with E-state index in [1.165, 1.54) is 25.7 Å². The fourth-order valence-corrected chi connectivity index (χ4v) is 3.49. The third-order valence-corrected chi connectivity index (χ3v) is 4.48. The minimum absolute atomic E-state index is 0.646. The highest BCUT2D eigenvalue weighted by atomic mass is 16.3. The van der Waals surface area contributed by atoms with Crippen molar-refractivity contribution in [1.29, 1.82) is 0 Å². The number of aliphatic hydroxyl groups is 1. The first kappa shape index (κ1) is 11.2. The van der Waals surface area contributed by atoms with Gasteiger partial charge in [-0.15, -0.1) is 0 Å². The minimum Gasteiger partial charge on any atom is -0.384 e. The highest BCUT2D eigenvalue weighted by molar-refractivity contribution is 5.24. The Hall–Kier alpha value is -0.860. The molecule has 1 saturated heterocycles. The first-order valence-electron chi connectivity index (χ1n) is 6.79. The summed E-state index contributed by atoms with van der Waals surface area (Å²) in [5, 5.41) is 14.4. The van der Waals surface area contributed by atoms with Crippen molar-refractivity contribution in [2.75, 3.05) is 6.54 Å². The Kier molecular flexibility index (Phi) is 2.93. The van der Waals surface area contributed by atoms with E-state index in [9.17, 15) is 5.11 Å². The third kappa shape index (κ3) is 2.12. The molecule has 1 aromatic rings. The SMILES string of the molecule is O[C@@]1(c2ccccc2)CN[C@@H]2CCCC[C@H]2C1. The second-order valence-electron chi connectivity index (χ2n) is 5.63. The van der Waals surface area contributed by atoms with E-state index in [2.05, 4.69) is 5.32 Å². The summed E-state index contributed by atoms with van der Waals surface area (Å²) in [6.07, 6.45) is 6.16. The van der Waals surface area contributed by atoms with E-state index in [1.54, 1.807) is 0 Å². The van der Waals surface area contributed by atoms with Crippen molar-refractivity contribution < 1.29 is 5.11 Å². The molecule has 0 amide bonds. The molecule has 2 fully saturated rings. The lowest BCUT2D eigenvalue weighted by atomic mass is 9.72. The molecule has 0 radical (unpaired) electrons. The Labute approximate surface area is 103 Å². The van der Waals surface area contributed by atoms with E-state index in [0.717, 1.165) is 12.0 Å². The van der Waals surface area contributed by atoms with E-state index in [4.69, 9.17) is 0 Å². The van der Waals surface area contributed by atoms with Gasteiger partial charge in [0, 0.05) is 12.6 Å². The van der Waals surface area contributed by atoms with Crippen LogP contribution in [0.4, 0.5) is 0 Å². The third-order valence-electron chi connectivity index (χ3n) is 4.48. The lowest BCUT2D eigenvalue weighted by molar-refractivity contribution is -0.0308. The first-order chi connectivity index (χ1) is 8.28. The number of hydrogen-bond acceptors (Lipinski definition) is 2. The average Bonchev–Trinajstić information content (AvgIpc) is 2.40. The van der Waals surface area contributed by atoms with Crippen LogP contribution in [0.15, 0.2) is 30.3 Å². The van der Waals surface area contributed by atoms with Crippen LogP contribution in [0.1, 0.15) is 37.7 Å². The second kappa shape index (κ2) is 4.43. The van der Waals surface area contributed by atoms with Gasteiger partial charge in [0.1, 0.15) is 5.60 Å². The van der Waals surface area contributed by atoms with Gasteiger partial charge in [-0.1, -0.05) is 43.2 Å². The lowest BCUT2D eigenvalue weighted by Gasteiger charge is -2.44. The van der Waals surface area contributed by atoms with Crippen molar-refractivity contribution in [2.45, 2.75) is 43.7 Å². The Morgan fingerprint density at radius 2 is 1.88 bits per heavy atom. The van der Waals surface area contributed by atoms with E-state index < -0.39 is 5.60 Å². The van der Waals surface area contributed by atoms with E-state index >= 15 is 0 Å². The zero-order chi connectivity index (χ0) is 11.7. The minimum atomic E-state index is -0.653. The Morgan fingerprint density at radius 1 is 1.12 bits per heavy atom. The van der Waals surface area contributed by atoms with Crippen molar-refractivity contribution in [3.05, 3.63) is 35.9 Å². The highest BCUT2D eigenvalue weighted by Crippen LogP contribution is 2.39. The summed E-state index contributed by atoms with van der Waals surface area (Å²) in [7, 11) is 0. The van der Waals surface area contributed by atoms with Crippen LogP contribution in [0.25, 0.3) is 0 Å². The highest BCUT2D eigenvalue weighted by Gasteiger charge is 2.40. The van der Waals surface area contributed by atoms with Gasteiger partial charge < -0.3 is 10.4 Å². The van der Waals surface area contributed by atoms with Crippen LogP contribution in [0.5, 0.6) is 0 Å². The summed E-state index contributed by atoms with van der Waals surface area (Å²) < 4.78 is 0. The van der Waals surface area contributed by atoms with Crippen molar-refractivity contribution in [1.82, 2.24) is 5.32 Å². The molecule has 0 bridgehead atoms. The predicted octanol–water partition coefficient (Wildman–Crippen LogP) is 2.43. The van der Waals surface area contributed by atoms with Gasteiger partial charge in [0.25, 0.3) is 0 Å². The Morgan fingerprint density at radius 3 is 2.71 bits per heavy atom. The zero-order valence-electron chi connectivity index (χ0n) is 10.2. The number of piperidine rings is 1. The Balaban J connectivity index is 1.80. The van der Waals surface area contributed by atoms with Gasteiger partial charge in [0.05, 0.1) is 0 Å². The first-order valence-corrected chi connectivity index (χ1v) is 6.79. The number of hydrogen-bond donors (Lipinski definition) is 2. The fraction of sp³-hybridized carbons (Fsp3) is 0.600. The molecule has 2 N–H and O–H groups in total. The van der Waals surface area contributed by atoms with Gasteiger partial charge in [-0.25, -0.2) is 0 Å². The molecule has 2 nitrogen and oxygen atoms in total. The quantitative estimate of drug-likeness (QED) is 0.778. The molecule has 1 saturated carbocycles. The van der Waals surface area contributed by atoms with Crippen LogP contribution in [0.2, 0.25) is 0 Å². The zero-order valence-corrected chi connectivity index (χ0v) is 10.2. The molecule has 0 unspecified atom stereocenters. The molecule has 2 heteroatoms. The molecule has 1 heterocycles. The number of nitrogens with one attached hydrogen (secondary N) is 1. The van der Waals surface area contributed by atoms with Gasteiger partial charge in [0.2, 0.25) is 0 Å². The normalized spacial score (nSPS) is 37.5. The van der Waals surface area contributed by atoms with E-state index in [1.807, 2.05) is 30.3 Å². The maximum atomic E-state index is 10.8. The number of fused-ring (bicyclic) bond motifs is 1. The molecule has 0 aromatic heterocycles. The Bertz CT molecular complexity index is 378. The summed E-state index contributed by atoms with van der Waals surface area (Å²) >= 11 is 0. The van der Waals surface area contributed by atoms with Crippen molar-refractivity contribution >= 4 is 0 Å². The van der Waals surface area contributed by atoms with Crippen LogP contribution in [-0.4, -0.2) is 17.7 Å². The summed E-state index contributed by atoms with van der Waals surface area (Å²) in [4.78, 5) is 0. The van der Waals surface area contributed by atoms with Crippen LogP contribution >= 0.6 is 0 Å². The molecule has 3 rings (SSSR count). The van der Waals surface area contributed by atoms with Crippen molar-refractivity contribution in [3.8, 4) is 0 Å². The summed E-state index contributed by atoms with van der Waals surface area (Å²) in [5.41, 5.74) is 0.413. The molecule has 3 atom stereocenters. The summed E-state index contributed by atoms with van der Waals surface area (Å²) in [5.74, 6) is 0.655. The second-order valence-corrected chi connectivity index (χ2v) is 5.63. The smallest absolute Gasteiger partial charge is 0.102 e. The van der Waals surface area contributed by atoms with Crippen molar-refractivity contribution in [2.24, 2.45) is 5.92 Å². The van der Waals surface area contributed by atoms with Gasteiger partial charge in [0.15, 0.2) is 0 Å². The number of rotatable bonds is 1. The molecular formula is C15H21NO. The maximum absolute atomic E-state index is 10.8. The molecule has 92 valence electrons. The predicted molar refractivity (Wildman–Crippen MR) is 68.7 cm³/mol. The average molecular weight is 231 g/mol. The maximum Gasteiger partial charge on any atom is 0.102 e. The van der Waals surface area contributed by atoms with Crippen LogP contribution < -0.4 is 5.32 Å². The molecule has 0 spiro atoms. The molecule has 1 aliphatic carbocycles. The van der Waals surface area contributed by atoms with Gasteiger partial charge in [-0.3, -0.25) is 0 Å². The van der Waals surface area contributed by atoms with Crippen LogP contribution in [0.3, 0.4) is 0 Å². The standard InChI is InChI=1S/C15H21NO/c17-15(13-7-2-1-3-8-13)10-12-6-4-5-9-14(12)16-11-15/h1-3,7-8,12,14,16-17H,4-6,9-11H2/t12-,14+,15+/m0/s1. The number of β-amino-alcohol motifs (C(OH)–C–C–N with tert-alkyl or cyclic N) is 1. The van der Waals surface area contributed by atoms with Crippen LogP contribution in [0, 0.1) is 5.92 Å². The largest absolute Gasteiger partial charge is 0.384 e. The van der Waals surface area contributed by atoms with Gasteiger partial charge in [-0.2, -0.15) is 0 Å². The van der Waals surface area contributed by atoms with Gasteiger partial charge >= 0.3 is 0 Å². The number of benzene rings is 1. The van der Waals surface area contributed by atoms with Gasteiger partial charge in [-0.05, 0) is 30.7 Å². The molecule has 17 heavy (non-hydrogen) atoms. The molecule has 1 aliphatic heterocycles. The van der Waals surface area contributed by atoms with Crippen molar-refractivity contribution in [3.63, 3.8) is 0 Å². The molecule has 1 aromatic carbocycles.